The van der Waals surface area contributed by atoms with Crippen LogP contribution in [0.25, 0.3) is 0 Å². The fourth-order valence-electron chi connectivity index (χ4n) is 2.69. The van der Waals surface area contributed by atoms with Crippen molar-refractivity contribution in [3.05, 3.63) is 0 Å². The summed E-state index contributed by atoms with van der Waals surface area (Å²) >= 11 is 0. The molecule has 0 aromatic rings. The Morgan fingerprint density at radius 1 is 1.25 bits per heavy atom. The predicted octanol–water partition coefficient (Wildman–Crippen LogP) is 3.44. The minimum absolute atomic E-state index is 0.216. The highest BCUT2D eigenvalue weighted by molar-refractivity contribution is 5.76. The van der Waals surface area contributed by atoms with Crippen molar-refractivity contribution < 1.29 is 4.79 Å². The van der Waals surface area contributed by atoms with E-state index in [4.69, 9.17) is 0 Å². The van der Waals surface area contributed by atoms with Gasteiger partial charge in [0.25, 0.3) is 0 Å². The summed E-state index contributed by atoms with van der Waals surface area (Å²) in [5.41, 5.74) is 0.216. The summed E-state index contributed by atoms with van der Waals surface area (Å²) < 4.78 is 0. The number of likely N-dealkylation sites (tertiary alicyclic amines) is 1. The molecule has 118 valence electrons. The summed E-state index contributed by atoms with van der Waals surface area (Å²) in [6.45, 7) is 14.0. The van der Waals surface area contributed by atoms with Gasteiger partial charge in [0.15, 0.2) is 0 Å². The summed E-state index contributed by atoms with van der Waals surface area (Å²) in [4.78, 5) is 14.1. The SMILES string of the molecule is CC(C)CCC(=O)N1CCC(CCNC(C)(C)C)CC1. The molecule has 1 amide bonds. The van der Waals surface area contributed by atoms with Gasteiger partial charge in [-0.3, -0.25) is 4.79 Å². The second-order valence-corrected chi connectivity index (χ2v) is 7.72. The first kappa shape index (κ1) is 17.5. The zero-order chi connectivity index (χ0) is 15.2. The number of hydrogen-bond acceptors (Lipinski definition) is 2. The Hall–Kier alpha value is -0.570. The standard InChI is InChI=1S/C17H34N2O/c1-14(2)6-7-16(20)19-12-9-15(10-13-19)8-11-18-17(3,4)5/h14-15,18H,6-13H2,1-5H3. The molecule has 1 aliphatic rings. The lowest BCUT2D eigenvalue weighted by Crippen LogP contribution is -2.40. The first-order valence-corrected chi connectivity index (χ1v) is 8.30. The molecule has 0 bridgehead atoms. The van der Waals surface area contributed by atoms with Crippen LogP contribution in [0.2, 0.25) is 0 Å². The van der Waals surface area contributed by atoms with Gasteiger partial charge in [0.1, 0.15) is 0 Å². The van der Waals surface area contributed by atoms with Crippen molar-refractivity contribution in [2.75, 3.05) is 19.6 Å². The van der Waals surface area contributed by atoms with E-state index in [-0.39, 0.29) is 5.54 Å². The third-order valence-corrected chi connectivity index (χ3v) is 4.11. The zero-order valence-electron chi connectivity index (χ0n) is 14.2. The summed E-state index contributed by atoms with van der Waals surface area (Å²) in [7, 11) is 0. The number of nitrogens with zero attached hydrogens (tertiary/aromatic N) is 1. The van der Waals surface area contributed by atoms with Crippen LogP contribution in [0.5, 0.6) is 0 Å². The highest BCUT2D eigenvalue weighted by Crippen LogP contribution is 2.21. The van der Waals surface area contributed by atoms with Crippen molar-refractivity contribution in [3.8, 4) is 0 Å². The van der Waals surface area contributed by atoms with Crippen molar-refractivity contribution in [1.29, 1.82) is 0 Å². The molecule has 0 aliphatic carbocycles. The van der Waals surface area contributed by atoms with Gasteiger partial charge >= 0.3 is 0 Å². The Labute approximate surface area is 125 Å². The number of carbonyl (C=O) groups excluding carboxylic acids is 1. The van der Waals surface area contributed by atoms with Gasteiger partial charge in [-0.25, -0.2) is 0 Å². The molecule has 3 heteroatoms. The molecule has 0 aromatic heterocycles. The topological polar surface area (TPSA) is 32.3 Å². The maximum absolute atomic E-state index is 12.1. The molecule has 1 aliphatic heterocycles. The molecular formula is C17H34N2O. The van der Waals surface area contributed by atoms with Gasteiger partial charge in [-0.15, -0.1) is 0 Å². The van der Waals surface area contributed by atoms with E-state index in [2.05, 4.69) is 44.8 Å². The van der Waals surface area contributed by atoms with E-state index in [0.717, 1.165) is 38.4 Å². The molecule has 1 fully saturated rings. The Balaban J connectivity index is 2.18. The van der Waals surface area contributed by atoms with Gasteiger partial charge < -0.3 is 10.2 Å². The second-order valence-electron chi connectivity index (χ2n) is 7.72. The zero-order valence-corrected chi connectivity index (χ0v) is 14.2. The van der Waals surface area contributed by atoms with E-state index in [9.17, 15) is 4.79 Å². The molecule has 0 unspecified atom stereocenters. The van der Waals surface area contributed by atoms with Crippen LogP contribution in [0.3, 0.4) is 0 Å². The summed E-state index contributed by atoms with van der Waals surface area (Å²) in [6.07, 6.45) is 5.35. The molecule has 20 heavy (non-hydrogen) atoms. The van der Waals surface area contributed by atoms with E-state index >= 15 is 0 Å². The number of carbonyl (C=O) groups is 1. The van der Waals surface area contributed by atoms with Crippen molar-refractivity contribution in [3.63, 3.8) is 0 Å². The second kappa shape index (κ2) is 8.02. The number of piperidine rings is 1. The van der Waals surface area contributed by atoms with Crippen LogP contribution in [0.4, 0.5) is 0 Å². The van der Waals surface area contributed by atoms with Crippen LogP contribution in [-0.4, -0.2) is 36.0 Å². The van der Waals surface area contributed by atoms with E-state index in [1.165, 1.54) is 19.3 Å². The van der Waals surface area contributed by atoms with Crippen LogP contribution in [0.15, 0.2) is 0 Å². The Morgan fingerprint density at radius 3 is 2.35 bits per heavy atom. The van der Waals surface area contributed by atoms with Crippen molar-refractivity contribution in [2.45, 2.75) is 72.3 Å². The van der Waals surface area contributed by atoms with Crippen LogP contribution in [0.1, 0.15) is 66.7 Å². The molecule has 0 saturated carbocycles. The maximum atomic E-state index is 12.1. The largest absolute Gasteiger partial charge is 0.343 e. The summed E-state index contributed by atoms with van der Waals surface area (Å²) in [5, 5.41) is 3.56. The highest BCUT2D eigenvalue weighted by atomic mass is 16.2. The number of hydrogen-bond donors (Lipinski definition) is 1. The number of amides is 1. The van der Waals surface area contributed by atoms with E-state index in [0.29, 0.717) is 11.8 Å². The minimum atomic E-state index is 0.216. The molecule has 0 spiro atoms. The van der Waals surface area contributed by atoms with Crippen LogP contribution in [0, 0.1) is 11.8 Å². The molecule has 1 N–H and O–H groups in total. The van der Waals surface area contributed by atoms with E-state index in [1.54, 1.807) is 0 Å². The normalized spacial score (nSPS) is 17.8. The van der Waals surface area contributed by atoms with Crippen molar-refractivity contribution in [1.82, 2.24) is 10.2 Å². The fourth-order valence-corrected chi connectivity index (χ4v) is 2.69. The molecule has 0 radical (unpaired) electrons. The Bertz CT molecular complexity index is 286. The third kappa shape index (κ3) is 7.28. The predicted molar refractivity (Wildman–Crippen MR) is 85.7 cm³/mol. The highest BCUT2D eigenvalue weighted by Gasteiger charge is 2.22. The number of nitrogens with one attached hydrogen (secondary N) is 1. The molecule has 1 saturated heterocycles. The monoisotopic (exact) mass is 282 g/mol. The maximum Gasteiger partial charge on any atom is 0.222 e. The lowest BCUT2D eigenvalue weighted by Gasteiger charge is -2.33. The van der Waals surface area contributed by atoms with Gasteiger partial charge in [-0.2, -0.15) is 0 Å². The quantitative estimate of drug-likeness (QED) is 0.809. The van der Waals surface area contributed by atoms with Gasteiger partial charge in [-0.05, 0) is 64.8 Å². The molecule has 1 heterocycles. The van der Waals surface area contributed by atoms with Gasteiger partial charge in [0, 0.05) is 25.0 Å². The molecular weight excluding hydrogens is 248 g/mol. The van der Waals surface area contributed by atoms with Gasteiger partial charge in [0.2, 0.25) is 5.91 Å². The average Bonchev–Trinajstić information content (AvgIpc) is 2.35. The van der Waals surface area contributed by atoms with Crippen LogP contribution < -0.4 is 5.32 Å². The number of rotatable bonds is 6. The summed E-state index contributed by atoms with van der Waals surface area (Å²) in [6, 6.07) is 0. The lowest BCUT2D eigenvalue weighted by atomic mass is 9.92. The van der Waals surface area contributed by atoms with Crippen molar-refractivity contribution >= 4 is 5.91 Å². The first-order valence-electron chi connectivity index (χ1n) is 8.30. The smallest absolute Gasteiger partial charge is 0.222 e. The lowest BCUT2D eigenvalue weighted by molar-refractivity contribution is -0.132. The van der Waals surface area contributed by atoms with Crippen LogP contribution in [-0.2, 0) is 4.79 Å². The Morgan fingerprint density at radius 2 is 1.85 bits per heavy atom. The van der Waals surface area contributed by atoms with Crippen LogP contribution >= 0.6 is 0 Å². The van der Waals surface area contributed by atoms with Gasteiger partial charge in [0.05, 0.1) is 0 Å². The molecule has 1 rings (SSSR count). The molecule has 0 atom stereocenters. The molecule has 0 aromatic carbocycles. The minimum Gasteiger partial charge on any atom is -0.343 e. The summed E-state index contributed by atoms with van der Waals surface area (Å²) in [5.74, 6) is 1.78. The van der Waals surface area contributed by atoms with Gasteiger partial charge in [-0.1, -0.05) is 13.8 Å². The van der Waals surface area contributed by atoms with Crippen molar-refractivity contribution in [2.24, 2.45) is 11.8 Å². The fraction of sp³-hybridized carbons (Fsp3) is 0.941. The third-order valence-electron chi connectivity index (χ3n) is 4.11. The van der Waals surface area contributed by atoms with E-state index < -0.39 is 0 Å². The molecule has 3 nitrogen and oxygen atoms in total. The first-order chi connectivity index (χ1) is 9.28. The Kier molecular flexibility index (Phi) is 7.01. The van der Waals surface area contributed by atoms with E-state index in [1.807, 2.05) is 0 Å². The average molecular weight is 282 g/mol.